The molecule has 5 nitrogen and oxygen atoms in total. The molecule has 1 saturated heterocycles. The normalized spacial score (nSPS) is 19.9. The second-order valence-corrected chi connectivity index (χ2v) is 5.45. The van der Waals surface area contributed by atoms with Crippen molar-refractivity contribution in [3.8, 4) is 0 Å². The molecule has 2 rings (SSSR count). The van der Waals surface area contributed by atoms with Crippen LogP contribution < -0.4 is 10.2 Å². The molecule has 1 fully saturated rings. The zero-order valence-electron chi connectivity index (χ0n) is 12.8. The minimum atomic E-state index is -0.607. The Morgan fingerprint density at radius 1 is 1.50 bits per heavy atom. The number of hydrogen-bond donors (Lipinski definition) is 1. The van der Waals surface area contributed by atoms with E-state index < -0.39 is 11.9 Å². The molecule has 0 saturated carbocycles. The molecule has 1 aliphatic rings. The molecule has 1 N–H and O–H groups in total. The third kappa shape index (κ3) is 3.82. The molecule has 2 unspecified atom stereocenters. The predicted octanol–water partition coefficient (Wildman–Crippen LogP) is 1.86. The minimum absolute atomic E-state index is 0.194. The average Bonchev–Trinajstić information content (AvgIpc) is 2.50. The molecule has 0 bridgehead atoms. The Morgan fingerprint density at radius 2 is 2.23 bits per heavy atom. The van der Waals surface area contributed by atoms with Crippen molar-refractivity contribution in [3.05, 3.63) is 30.1 Å². The van der Waals surface area contributed by atoms with Crippen LogP contribution in [0.2, 0.25) is 0 Å². The quantitative estimate of drug-likeness (QED) is 0.903. The first kappa shape index (κ1) is 16.4. The number of amides is 2. The van der Waals surface area contributed by atoms with E-state index in [1.165, 1.54) is 18.1 Å². The first-order valence-corrected chi connectivity index (χ1v) is 7.41. The Kier molecular flexibility index (Phi) is 5.49. The van der Waals surface area contributed by atoms with Crippen molar-refractivity contribution in [1.29, 1.82) is 0 Å². The van der Waals surface area contributed by atoms with Crippen molar-refractivity contribution >= 4 is 17.5 Å². The molecule has 22 heavy (non-hydrogen) atoms. The summed E-state index contributed by atoms with van der Waals surface area (Å²) in [6, 6.07) is 5.56. The number of benzene rings is 1. The number of halogens is 1. The lowest BCUT2D eigenvalue weighted by Crippen LogP contribution is -2.53. The molecule has 0 radical (unpaired) electrons. The summed E-state index contributed by atoms with van der Waals surface area (Å²) in [5.41, 5.74) is 0.261. The zero-order chi connectivity index (χ0) is 16.1. The monoisotopic (exact) mass is 308 g/mol. The van der Waals surface area contributed by atoms with E-state index in [9.17, 15) is 14.0 Å². The molecule has 0 aliphatic carbocycles. The second-order valence-electron chi connectivity index (χ2n) is 5.45. The maximum Gasteiger partial charge on any atom is 0.249 e. The summed E-state index contributed by atoms with van der Waals surface area (Å²) in [5, 5.41) is 2.72. The number of carbonyl (C=O) groups excluding carboxylic acids is 2. The molecular formula is C16H21FN2O3. The SMILES string of the molecule is COC(C)CC(=O)NC1CCCN(c2ccccc2F)C1=O. The number of methoxy groups -OCH3 is 1. The van der Waals surface area contributed by atoms with Crippen molar-refractivity contribution in [1.82, 2.24) is 5.32 Å². The van der Waals surface area contributed by atoms with Crippen LogP contribution in [-0.4, -0.2) is 37.6 Å². The number of ether oxygens (including phenoxy) is 1. The van der Waals surface area contributed by atoms with Gasteiger partial charge in [0.2, 0.25) is 11.8 Å². The average molecular weight is 308 g/mol. The molecule has 1 aliphatic heterocycles. The van der Waals surface area contributed by atoms with Crippen LogP contribution in [0.25, 0.3) is 0 Å². The van der Waals surface area contributed by atoms with Crippen LogP contribution in [0.15, 0.2) is 24.3 Å². The van der Waals surface area contributed by atoms with Gasteiger partial charge in [0, 0.05) is 13.7 Å². The lowest BCUT2D eigenvalue weighted by molar-refractivity contribution is -0.129. The number of nitrogens with one attached hydrogen (secondary N) is 1. The van der Waals surface area contributed by atoms with Crippen LogP contribution in [-0.2, 0) is 14.3 Å². The molecule has 1 heterocycles. The molecule has 2 amide bonds. The van der Waals surface area contributed by atoms with Gasteiger partial charge in [-0.15, -0.1) is 0 Å². The summed E-state index contributed by atoms with van der Waals surface area (Å²) in [4.78, 5) is 25.8. The number of para-hydroxylation sites is 1. The fourth-order valence-corrected chi connectivity index (χ4v) is 2.52. The Bertz CT molecular complexity index is 550. The van der Waals surface area contributed by atoms with Gasteiger partial charge in [-0.25, -0.2) is 4.39 Å². The molecule has 0 aromatic heterocycles. The van der Waals surface area contributed by atoms with E-state index in [4.69, 9.17) is 4.74 Å². The third-order valence-electron chi connectivity index (χ3n) is 3.79. The van der Waals surface area contributed by atoms with E-state index in [2.05, 4.69) is 5.32 Å². The number of hydrogen-bond acceptors (Lipinski definition) is 3. The van der Waals surface area contributed by atoms with Crippen molar-refractivity contribution < 1.29 is 18.7 Å². The summed E-state index contributed by atoms with van der Waals surface area (Å²) in [6.45, 7) is 2.24. The highest BCUT2D eigenvalue weighted by Gasteiger charge is 2.32. The summed E-state index contributed by atoms with van der Waals surface area (Å²) < 4.78 is 18.9. The number of rotatable bonds is 5. The number of anilines is 1. The Morgan fingerprint density at radius 3 is 2.91 bits per heavy atom. The molecule has 120 valence electrons. The van der Waals surface area contributed by atoms with Crippen LogP contribution in [0, 0.1) is 5.82 Å². The highest BCUT2D eigenvalue weighted by molar-refractivity contribution is 6.00. The summed E-state index contributed by atoms with van der Waals surface area (Å²) in [7, 11) is 1.53. The Balaban J connectivity index is 2.04. The van der Waals surface area contributed by atoms with Gasteiger partial charge in [-0.3, -0.25) is 9.59 Å². The highest BCUT2D eigenvalue weighted by Crippen LogP contribution is 2.23. The van der Waals surface area contributed by atoms with Gasteiger partial charge in [0.15, 0.2) is 0 Å². The van der Waals surface area contributed by atoms with Gasteiger partial charge < -0.3 is 15.0 Å². The van der Waals surface area contributed by atoms with Crippen molar-refractivity contribution in [2.45, 2.75) is 38.3 Å². The smallest absolute Gasteiger partial charge is 0.249 e. The maximum absolute atomic E-state index is 13.9. The van der Waals surface area contributed by atoms with E-state index in [1.54, 1.807) is 25.1 Å². The van der Waals surface area contributed by atoms with Crippen molar-refractivity contribution in [2.75, 3.05) is 18.6 Å². The van der Waals surface area contributed by atoms with Crippen LogP contribution >= 0.6 is 0 Å². The van der Waals surface area contributed by atoms with Crippen LogP contribution in [0.5, 0.6) is 0 Å². The largest absolute Gasteiger partial charge is 0.381 e. The fraction of sp³-hybridized carbons (Fsp3) is 0.500. The second kappa shape index (κ2) is 7.35. The van der Waals surface area contributed by atoms with E-state index in [0.29, 0.717) is 19.4 Å². The third-order valence-corrected chi connectivity index (χ3v) is 3.79. The lowest BCUT2D eigenvalue weighted by Gasteiger charge is -2.33. The first-order valence-electron chi connectivity index (χ1n) is 7.41. The Labute approximate surface area is 129 Å². The first-order chi connectivity index (χ1) is 10.5. The van der Waals surface area contributed by atoms with Gasteiger partial charge in [0.25, 0.3) is 0 Å². The van der Waals surface area contributed by atoms with Gasteiger partial charge >= 0.3 is 0 Å². The highest BCUT2D eigenvalue weighted by atomic mass is 19.1. The topological polar surface area (TPSA) is 58.6 Å². The van der Waals surface area contributed by atoms with E-state index >= 15 is 0 Å². The van der Waals surface area contributed by atoms with Crippen molar-refractivity contribution in [3.63, 3.8) is 0 Å². The van der Waals surface area contributed by atoms with Crippen LogP contribution in [0.1, 0.15) is 26.2 Å². The summed E-state index contributed by atoms with van der Waals surface area (Å²) >= 11 is 0. The van der Waals surface area contributed by atoms with Gasteiger partial charge in [0.05, 0.1) is 18.2 Å². The molecule has 1 aromatic carbocycles. The van der Waals surface area contributed by atoms with E-state index in [1.807, 2.05) is 0 Å². The molecule has 0 spiro atoms. The number of nitrogens with zero attached hydrogens (tertiary/aromatic N) is 1. The van der Waals surface area contributed by atoms with Gasteiger partial charge in [-0.1, -0.05) is 12.1 Å². The Hall–Kier alpha value is -1.95. The van der Waals surface area contributed by atoms with Crippen LogP contribution in [0.4, 0.5) is 10.1 Å². The van der Waals surface area contributed by atoms with E-state index in [0.717, 1.165) is 0 Å². The van der Waals surface area contributed by atoms with Gasteiger partial charge in [0.1, 0.15) is 11.9 Å². The zero-order valence-corrected chi connectivity index (χ0v) is 12.8. The maximum atomic E-state index is 13.9. The standard InChI is InChI=1S/C16H21FN2O3/c1-11(22-2)10-15(20)18-13-7-5-9-19(16(13)21)14-8-4-3-6-12(14)17/h3-4,6,8,11,13H,5,7,9-10H2,1-2H3,(H,18,20). The van der Waals surface area contributed by atoms with Gasteiger partial charge in [-0.2, -0.15) is 0 Å². The predicted molar refractivity (Wildman–Crippen MR) is 81.0 cm³/mol. The molecule has 2 atom stereocenters. The van der Waals surface area contributed by atoms with E-state index in [-0.39, 0.29) is 30.0 Å². The number of piperidine rings is 1. The summed E-state index contributed by atoms with van der Waals surface area (Å²) in [6.07, 6.45) is 1.27. The summed E-state index contributed by atoms with van der Waals surface area (Å²) in [5.74, 6) is -0.936. The molecular weight excluding hydrogens is 287 g/mol. The lowest BCUT2D eigenvalue weighted by atomic mass is 10.0. The van der Waals surface area contributed by atoms with Gasteiger partial charge in [-0.05, 0) is 31.9 Å². The molecule has 1 aromatic rings. The minimum Gasteiger partial charge on any atom is -0.381 e. The molecule has 6 heteroatoms. The van der Waals surface area contributed by atoms with Crippen molar-refractivity contribution in [2.24, 2.45) is 0 Å². The fourth-order valence-electron chi connectivity index (χ4n) is 2.52. The van der Waals surface area contributed by atoms with Crippen LogP contribution in [0.3, 0.4) is 0 Å². The number of carbonyl (C=O) groups is 2.